The van der Waals surface area contributed by atoms with Crippen molar-refractivity contribution in [2.24, 2.45) is 0 Å². The highest BCUT2D eigenvalue weighted by molar-refractivity contribution is 8.23. The van der Waals surface area contributed by atoms with Gasteiger partial charge in [-0.25, -0.2) is 0 Å². The molecule has 3 rings (SSSR count). The van der Waals surface area contributed by atoms with Gasteiger partial charge in [-0.2, -0.15) is 0 Å². The Kier molecular flexibility index (Phi) is 3.73. The Morgan fingerprint density at radius 2 is 2.10 bits per heavy atom. The van der Waals surface area contributed by atoms with E-state index in [0.717, 1.165) is 30.6 Å². The summed E-state index contributed by atoms with van der Waals surface area (Å²) in [6.45, 7) is 0. The number of ether oxygens (including phenoxy) is 2. The van der Waals surface area contributed by atoms with Crippen LogP contribution in [-0.4, -0.2) is 22.9 Å². The van der Waals surface area contributed by atoms with Crippen molar-refractivity contribution in [3.8, 4) is 5.75 Å². The van der Waals surface area contributed by atoms with Gasteiger partial charge in [0, 0.05) is 6.42 Å². The van der Waals surface area contributed by atoms with Crippen LogP contribution in [0.1, 0.15) is 36.5 Å². The summed E-state index contributed by atoms with van der Waals surface area (Å²) >= 11 is 6.70. The Morgan fingerprint density at radius 1 is 1.35 bits per heavy atom. The quantitative estimate of drug-likeness (QED) is 0.779. The fourth-order valence-electron chi connectivity index (χ4n) is 2.94. The van der Waals surface area contributed by atoms with Crippen LogP contribution in [0.3, 0.4) is 0 Å². The van der Waals surface area contributed by atoms with Gasteiger partial charge in [0.05, 0.1) is 12.4 Å². The minimum atomic E-state index is -0.741. The van der Waals surface area contributed by atoms with E-state index >= 15 is 0 Å². The van der Waals surface area contributed by atoms with Crippen LogP contribution in [0.15, 0.2) is 24.3 Å². The van der Waals surface area contributed by atoms with Crippen molar-refractivity contribution in [3.63, 3.8) is 0 Å². The van der Waals surface area contributed by atoms with Crippen molar-refractivity contribution in [1.82, 2.24) is 0 Å². The number of hydrogen-bond donors (Lipinski definition) is 0. The summed E-state index contributed by atoms with van der Waals surface area (Å²) in [6.07, 6.45) is 3.32. The molecule has 5 heteroatoms. The van der Waals surface area contributed by atoms with Gasteiger partial charge in [-0.05, 0) is 49.2 Å². The zero-order valence-corrected chi connectivity index (χ0v) is 12.9. The lowest BCUT2D eigenvalue weighted by atomic mass is 9.79. The molecule has 0 aromatic heterocycles. The van der Waals surface area contributed by atoms with Crippen molar-refractivity contribution in [3.05, 3.63) is 29.8 Å². The Hall–Kier alpha value is -1.07. The molecule has 1 saturated heterocycles. The largest absolute Gasteiger partial charge is 0.497 e. The molecule has 2 atom stereocenters. The van der Waals surface area contributed by atoms with Gasteiger partial charge in [-0.15, -0.1) is 0 Å². The van der Waals surface area contributed by atoms with Gasteiger partial charge in [-0.3, -0.25) is 4.79 Å². The second kappa shape index (κ2) is 5.37. The van der Waals surface area contributed by atoms with E-state index in [9.17, 15) is 4.79 Å². The zero-order chi connectivity index (χ0) is 14.2. The van der Waals surface area contributed by atoms with Crippen molar-refractivity contribution in [2.45, 2.75) is 36.5 Å². The average molecular weight is 308 g/mol. The lowest BCUT2D eigenvalue weighted by Gasteiger charge is -2.34. The number of hydrogen-bond acceptors (Lipinski definition) is 5. The Balaban J connectivity index is 1.96. The van der Waals surface area contributed by atoms with E-state index in [4.69, 9.17) is 21.7 Å². The van der Waals surface area contributed by atoms with Crippen LogP contribution in [0.25, 0.3) is 0 Å². The first-order valence-corrected chi connectivity index (χ1v) is 8.01. The molecule has 0 bridgehead atoms. The topological polar surface area (TPSA) is 35.5 Å². The summed E-state index contributed by atoms with van der Waals surface area (Å²) < 4.78 is 11.5. The Morgan fingerprint density at radius 3 is 2.75 bits per heavy atom. The SMILES string of the molecule is COc1ccc(C2SC(=S)OC23CCCCC3=O)cc1. The van der Waals surface area contributed by atoms with Crippen LogP contribution in [0.2, 0.25) is 0 Å². The highest BCUT2D eigenvalue weighted by Crippen LogP contribution is 2.53. The lowest BCUT2D eigenvalue weighted by molar-refractivity contribution is -0.138. The summed E-state index contributed by atoms with van der Waals surface area (Å²) in [6, 6.07) is 7.82. The maximum Gasteiger partial charge on any atom is 0.221 e. The molecule has 3 nitrogen and oxygen atoms in total. The first kappa shape index (κ1) is 13.9. The number of methoxy groups -OCH3 is 1. The second-order valence-electron chi connectivity index (χ2n) is 5.14. The van der Waals surface area contributed by atoms with E-state index in [1.165, 1.54) is 11.8 Å². The number of thioether (sulfide) groups is 1. The van der Waals surface area contributed by atoms with Crippen LogP contribution in [-0.2, 0) is 9.53 Å². The van der Waals surface area contributed by atoms with Gasteiger partial charge in [0.1, 0.15) is 5.75 Å². The molecule has 0 amide bonds. The van der Waals surface area contributed by atoms with Crippen molar-refractivity contribution < 1.29 is 14.3 Å². The van der Waals surface area contributed by atoms with Crippen molar-refractivity contribution >= 4 is 34.1 Å². The molecule has 0 radical (unpaired) electrons. The highest BCUT2D eigenvalue weighted by Gasteiger charge is 2.55. The molecule has 2 unspecified atom stereocenters. The number of benzene rings is 1. The summed E-state index contributed by atoms with van der Waals surface area (Å²) in [5.74, 6) is 1.00. The molecule has 1 aliphatic heterocycles. The van der Waals surface area contributed by atoms with Gasteiger partial charge < -0.3 is 9.47 Å². The van der Waals surface area contributed by atoms with E-state index < -0.39 is 5.60 Å². The molecule has 1 aromatic carbocycles. The van der Waals surface area contributed by atoms with E-state index in [1.54, 1.807) is 7.11 Å². The lowest BCUT2D eigenvalue weighted by Crippen LogP contribution is -2.44. The van der Waals surface area contributed by atoms with Gasteiger partial charge in [0.15, 0.2) is 11.4 Å². The number of ketones is 1. The fraction of sp³-hybridized carbons (Fsp3) is 0.467. The molecular formula is C15H16O3S2. The van der Waals surface area contributed by atoms with Gasteiger partial charge in [-0.1, -0.05) is 23.9 Å². The average Bonchev–Trinajstić information content (AvgIpc) is 2.80. The second-order valence-corrected chi connectivity index (χ2v) is 6.85. The molecule has 106 valence electrons. The van der Waals surface area contributed by atoms with Gasteiger partial charge in [0.2, 0.25) is 4.38 Å². The zero-order valence-electron chi connectivity index (χ0n) is 11.3. The summed E-state index contributed by atoms with van der Waals surface area (Å²) in [4.78, 5) is 12.4. The van der Waals surface area contributed by atoms with Crippen LogP contribution in [0, 0.1) is 0 Å². The van der Waals surface area contributed by atoms with E-state index in [-0.39, 0.29) is 11.0 Å². The van der Waals surface area contributed by atoms with E-state index in [1.807, 2.05) is 24.3 Å². The summed E-state index contributed by atoms with van der Waals surface area (Å²) in [5.41, 5.74) is 0.333. The number of carbonyl (C=O) groups excluding carboxylic acids is 1. The maximum atomic E-state index is 12.4. The van der Waals surface area contributed by atoms with Crippen molar-refractivity contribution in [1.29, 1.82) is 0 Å². The minimum absolute atomic E-state index is 0.0336. The molecule has 1 heterocycles. The third-order valence-corrected chi connectivity index (χ3v) is 5.53. The molecule has 1 aromatic rings. The third-order valence-electron chi connectivity index (χ3n) is 4.00. The van der Waals surface area contributed by atoms with Crippen molar-refractivity contribution in [2.75, 3.05) is 7.11 Å². The number of carbonyl (C=O) groups is 1. The summed E-state index contributed by atoms with van der Waals surface area (Å²) in [5, 5.41) is -0.0336. The number of thiocarbonyl (C=S) groups is 1. The molecule has 1 aliphatic carbocycles. The Bertz CT molecular complexity index is 541. The van der Waals surface area contributed by atoms with Crippen LogP contribution in [0.5, 0.6) is 5.75 Å². The monoisotopic (exact) mass is 308 g/mol. The first-order chi connectivity index (χ1) is 9.65. The minimum Gasteiger partial charge on any atom is -0.497 e. The molecule has 1 saturated carbocycles. The van der Waals surface area contributed by atoms with Crippen LogP contribution < -0.4 is 4.74 Å². The first-order valence-electron chi connectivity index (χ1n) is 6.72. The number of rotatable bonds is 2. The van der Waals surface area contributed by atoms with Crippen LogP contribution >= 0.6 is 24.0 Å². The summed E-state index contributed by atoms with van der Waals surface area (Å²) in [7, 11) is 1.64. The maximum absolute atomic E-state index is 12.4. The molecule has 2 aliphatic rings. The van der Waals surface area contributed by atoms with Crippen LogP contribution in [0.4, 0.5) is 0 Å². The number of Topliss-reactive ketones (excluding diaryl/α,β-unsaturated/α-hetero) is 1. The molecule has 0 N–H and O–H groups in total. The smallest absolute Gasteiger partial charge is 0.221 e. The fourth-order valence-corrected chi connectivity index (χ4v) is 4.55. The molecule has 20 heavy (non-hydrogen) atoms. The predicted octanol–water partition coefficient (Wildman–Crippen LogP) is 3.67. The van der Waals surface area contributed by atoms with E-state index in [0.29, 0.717) is 10.8 Å². The Labute approximate surface area is 128 Å². The molecular weight excluding hydrogens is 292 g/mol. The molecule has 1 spiro atoms. The van der Waals surface area contributed by atoms with Gasteiger partial charge in [0.25, 0.3) is 0 Å². The molecule has 2 fully saturated rings. The highest BCUT2D eigenvalue weighted by atomic mass is 32.2. The normalized spacial score (nSPS) is 29.6. The van der Waals surface area contributed by atoms with E-state index in [2.05, 4.69) is 0 Å². The van der Waals surface area contributed by atoms with Gasteiger partial charge >= 0.3 is 0 Å². The third kappa shape index (κ3) is 2.23. The standard InChI is InChI=1S/C15H16O3S2/c1-17-11-7-5-10(6-8-11)13-15(18-14(19)20-13)9-3-2-4-12(15)16/h5-8,13H,2-4,9H2,1H3. The predicted molar refractivity (Wildman–Crippen MR) is 83.2 cm³/mol.